The molecule has 0 amide bonds. The molecule has 1 spiro atoms. The Bertz CT molecular complexity index is 476. The molecule has 104 valence electrons. The summed E-state index contributed by atoms with van der Waals surface area (Å²) in [6, 6.07) is 6.29. The Morgan fingerprint density at radius 3 is 2.89 bits per heavy atom. The molecule has 4 nitrogen and oxygen atoms in total. The van der Waals surface area contributed by atoms with Crippen LogP contribution in [0.4, 0.5) is 0 Å². The topological polar surface area (TPSA) is 39.7 Å². The van der Waals surface area contributed by atoms with E-state index in [9.17, 15) is 0 Å². The maximum Gasteiger partial charge on any atom is 0.139 e. The van der Waals surface area contributed by atoms with Gasteiger partial charge in [-0.1, -0.05) is 0 Å². The molecule has 3 rings (SSSR count). The van der Waals surface area contributed by atoms with Crippen molar-refractivity contribution in [3.05, 3.63) is 23.8 Å². The lowest BCUT2D eigenvalue weighted by Gasteiger charge is -2.41. The first kappa shape index (κ1) is 12.8. The summed E-state index contributed by atoms with van der Waals surface area (Å²) in [5, 5.41) is 3.39. The lowest BCUT2D eigenvalue weighted by atomic mass is 9.83. The van der Waals surface area contributed by atoms with Gasteiger partial charge in [-0.05, 0) is 32.2 Å². The van der Waals surface area contributed by atoms with Crippen LogP contribution in [0.3, 0.4) is 0 Å². The normalized spacial score (nSPS) is 33.0. The van der Waals surface area contributed by atoms with Crippen LogP contribution in [0.1, 0.15) is 31.4 Å². The average Bonchev–Trinajstić information content (AvgIpc) is 2.78. The Balaban J connectivity index is 2.00. The van der Waals surface area contributed by atoms with Crippen LogP contribution in [0.15, 0.2) is 18.2 Å². The van der Waals surface area contributed by atoms with Crippen LogP contribution in [0.25, 0.3) is 0 Å². The summed E-state index contributed by atoms with van der Waals surface area (Å²) in [6.07, 6.45) is 2.03. The molecule has 0 radical (unpaired) electrons. The number of hydrogen-bond donors (Lipinski definition) is 1. The predicted octanol–water partition coefficient (Wildman–Crippen LogP) is 2.29. The fourth-order valence-corrected chi connectivity index (χ4v) is 3.16. The summed E-state index contributed by atoms with van der Waals surface area (Å²) < 4.78 is 17.3. The average molecular weight is 263 g/mol. The highest BCUT2D eigenvalue weighted by molar-refractivity contribution is 5.44. The van der Waals surface area contributed by atoms with Crippen LogP contribution in [0.5, 0.6) is 11.5 Å². The molecule has 3 atom stereocenters. The van der Waals surface area contributed by atoms with Crippen LogP contribution in [-0.2, 0) is 4.74 Å². The van der Waals surface area contributed by atoms with Crippen molar-refractivity contribution in [1.82, 2.24) is 5.32 Å². The van der Waals surface area contributed by atoms with Gasteiger partial charge in [0.25, 0.3) is 0 Å². The molecule has 1 saturated heterocycles. The van der Waals surface area contributed by atoms with Gasteiger partial charge in [0.1, 0.15) is 17.1 Å². The minimum atomic E-state index is -0.185. The second-order valence-electron chi connectivity index (χ2n) is 5.38. The molecular formula is C15H21NO3. The van der Waals surface area contributed by atoms with Crippen molar-refractivity contribution in [2.45, 2.75) is 37.5 Å². The molecule has 2 aliphatic rings. The highest BCUT2D eigenvalue weighted by atomic mass is 16.6. The van der Waals surface area contributed by atoms with Crippen molar-refractivity contribution >= 4 is 0 Å². The molecule has 1 fully saturated rings. The molecule has 0 aromatic heterocycles. The van der Waals surface area contributed by atoms with Crippen LogP contribution in [0, 0.1) is 0 Å². The highest BCUT2D eigenvalue weighted by Crippen LogP contribution is 2.46. The number of fused-ring (bicyclic) bond motifs is 1. The molecule has 0 bridgehead atoms. The summed E-state index contributed by atoms with van der Waals surface area (Å²) in [7, 11) is 3.68. The molecule has 2 heterocycles. The van der Waals surface area contributed by atoms with E-state index in [2.05, 4.69) is 18.3 Å². The van der Waals surface area contributed by atoms with E-state index in [1.54, 1.807) is 7.11 Å². The van der Waals surface area contributed by atoms with Gasteiger partial charge in [0.15, 0.2) is 0 Å². The van der Waals surface area contributed by atoms with Gasteiger partial charge in [-0.3, -0.25) is 0 Å². The first-order valence-electron chi connectivity index (χ1n) is 6.84. The Morgan fingerprint density at radius 2 is 2.26 bits per heavy atom. The predicted molar refractivity (Wildman–Crippen MR) is 72.8 cm³/mol. The van der Waals surface area contributed by atoms with Gasteiger partial charge in [-0.2, -0.15) is 0 Å². The van der Waals surface area contributed by atoms with Crippen molar-refractivity contribution in [2.75, 3.05) is 20.8 Å². The molecule has 19 heavy (non-hydrogen) atoms. The molecule has 1 aromatic carbocycles. The summed E-state index contributed by atoms with van der Waals surface area (Å²) in [4.78, 5) is 0. The molecule has 2 aliphatic heterocycles. The summed E-state index contributed by atoms with van der Waals surface area (Å²) in [6.45, 7) is 2.89. The number of benzene rings is 1. The molecule has 3 unspecified atom stereocenters. The SMILES string of the molecule is CNC1CC2(CCOC2C)Oc2ccc(OC)cc21. The van der Waals surface area contributed by atoms with Crippen molar-refractivity contribution in [1.29, 1.82) is 0 Å². The quantitative estimate of drug-likeness (QED) is 0.888. The molecule has 0 aliphatic carbocycles. The number of ether oxygens (including phenoxy) is 3. The lowest BCUT2D eigenvalue weighted by molar-refractivity contribution is -0.0301. The molecule has 1 aromatic rings. The van der Waals surface area contributed by atoms with Gasteiger partial charge in [-0.25, -0.2) is 0 Å². The fraction of sp³-hybridized carbons (Fsp3) is 0.600. The zero-order chi connectivity index (χ0) is 13.5. The third kappa shape index (κ3) is 1.99. The monoisotopic (exact) mass is 263 g/mol. The zero-order valence-electron chi connectivity index (χ0n) is 11.7. The molecule has 0 saturated carbocycles. The molecule has 4 heteroatoms. The summed E-state index contributed by atoms with van der Waals surface area (Å²) in [5.74, 6) is 1.82. The van der Waals surface area contributed by atoms with Gasteiger partial charge < -0.3 is 19.5 Å². The zero-order valence-corrected chi connectivity index (χ0v) is 11.7. The van der Waals surface area contributed by atoms with Gasteiger partial charge >= 0.3 is 0 Å². The third-order valence-corrected chi connectivity index (χ3v) is 4.44. The second-order valence-corrected chi connectivity index (χ2v) is 5.38. The smallest absolute Gasteiger partial charge is 0.139 e. The fourth-order valence-electron chi connectivity index (χ4n) is 3.16. The van der Waals surface area contributed by atoms with Crippen LogP contribution >= 0.6 is 0 Å². The van der Waals surface area contributed by atoms with E-state index >= 15 is 0 Å². The van der Waals surface area contributed by atoms with Crippen LogP contribution < -0.4 is 14.8 Å². The highest BCUT2D eigenvalue weighted by Gasteiger charge is 2.48. The Morgan fingerprint density at radius 1 is 1.42 bits per heavy atom. The van der Waals surface area contributed by atoms with E-state index in [4.69, 9.17) is 14.2 Å². The standard InChI is InChI=1S/C15H21NO3/c1-10-15(6-7-18-10)9-13(16-2)12-8-11(17-3)4-5-14(12)19-15/h4-5,8,10,13,16H,6-7,9H2,1-3H3. The third-order valence-electron chi connectivity index (χ3n) is 4.44. The van der Waals surface area contributed by atoms with Gasteiger partial charge in [0.05, 0.1) is 19.8 Å². The lowest BCUT2D eigenvalue weighted by Crippen LogP contribution is -2.48. The van der Waals surface area contributed by atoms with E-state index in [0.717, 1.165) is 30.9 Å². The van der Waals surface area contributed by atoms with Crippen molar-refractivity contribution in [3.63, 3.8) is 0 Å². The number of hydrogen-bond acceptors (Lipinski definition) is 4. The van der Waals surface area contributed by atoms with E-state index in [1.165, 1.54) is 5.56 Å². The summed E-state index contributed by atoms with van der Waals surface area (Å²) in [5.41, 5.74) is 0.988. The van der Waals surface area contributed by atoms with Crippen molar-refractivity contribution in [2.24, 2.45) is 0 Å². The maximum atomic E-state index is 6.30. The van der Waals surface area contributed by atoms with Gasteiger partial charge in [0, 0.05) is 24.4 Å². The van der Waals surface area contributed by atoms with Crippen molar-refractivity contribution < 1.29 is 14.2 Å². The number of nitrogens with one attached hydrogen (secondary N) is 1. The van der Waals surface area contributed by atoms with Gasteiger partial charge in [0.2, 0.25) is 0 Å². The largest absolute Gasteiger partial charge is 0.497 e. The molecule has 1 N–H and O–H groups in total. The first-order chi connectivity index (χ1) is 9.18. The summed E-state index contributed by atoms with van der Waals surface area (Å²) >= 11 is 0. The first-order valence-corrected chi connectivity index (χ1v) is 6.84. The van der Waals surface area contributed by atoms with E-state index in [-0.39, 0.29) is 17.7 Å². The van der Waals surface area contributed by atoms with E-state index in [1.807, 2.05) is 19.2 Å². The van der Waals surface area contributed by atoms with E-state index < -0.39 is 0 Å². The number of rotatable bonds is 2. The Hall–Kier alpha value is -1.26. The Kier molecular flexibility index (Phi) is 3.15. The van der Waals surface area contributed by atoms with Gasteiger partial charge in [-0.15, -0.1) is 0 Å². The minimum absolute atomic E-state index is 0.138. The maximum absolute atomic E-state index is 6.30. The van der Waals surface area contributed by atoms with Crippen molar-refractivity contribution in [3.8, 4) is 11.5 Å². The Labute approximate surface area is 114 Å². The van der Waals surface area contributed by atoms with Crippen LogP contribution in [0.2, 0.25) is 0 Å². The molecular weight excluding hydrogens is 242 g/mol. The minimum Gasteiger partial charge on any atom is -0.497 e. The van der Waals surface area contributed by atoms with Crippen LogP contribution in [-0.4, -0.2) is 32.5 Å². The number of methoxy groups -OCH3 is 1. The van der Waals surface area contributed by atoms with E-state index in [0.29, 0.717) is 0 Å². The second kappa shape index (κ2) is 4.69.